The van der Waals surface area contributed by atoms with Crippen LogP contribution in [0.15, 0.2) is 53.5 Å². The van der Waals surface area contributed by atoms with Gasteiger partial charge in [0, 0.05) is 26.3 Å². The molecule has 0 saturated carbocycles. The van der Waals surface area contributed by atoms with Gasteiger partial charge in [-0.25, -0.2) is 4.39 Å². The Morgan fingerprint density at radius 3 is 2.57 bits per heavy atom. The summed E-state index contributed by atoms with van der Waals surface area (Å²) in [6.07, 6.45) is -0.150. The molecule has 0 aromatic heterocycles. The largest absolute Gasteiger partial charge is 0.489 e. The van der Waals surface area contributed by atoms with Crippen molar-refractivity contribution in [3.63, 3.8) is 0 Å². The van der Waals surface area contributed by atoms with Crippen LogP contribution in [0.4, 0.5) is 4.39 Å². The van der Waals surface area contributed by atoms with Gasteiger partial charge in [-0.05, 0) is 37.1 Å². The van der Waals surface area contributed by atoms with Gasteiger partial charge < -0.3 is 24.8 Å². The van der Waals surface area contributed by atoms with Crippen LogP contribution in [0.5, 0.6) is 5.75 Å². The van der Waals surface area contributed by atoms with Crippen molar-refractivity contribution in [2.75, 3.05) is 33.4 Å². The van der Waals surface area contributed by atoms with Gasteiger partial charge in [0.1, 0.15) is 17.7 Å². The molecule has 2 rings (SSSR count). The molecule has 30 heavy (non-hydrogen) atoms. The zero-order valence-corrected chi connectivity index (χ0v) is 18.0. The van der Waals surface area contributed by atoms with Crippen LogP contribution in [0.1, 0.15) is 25.0 Å². The van der Waals surface area contributed by atoms with Gasteiger partial charge in [0.05, 0.1) is 26.4 Å². The molecule has 2 aromatic carbocycles. The minimum atomic E-state index is -0.313. The highest BCUT2D eigenvalue weighted by atomic mass is 19.1. The molecule has 2 aromatic rings. The van der Waals surface area contributed by atoms with Gasteiger partial charge in [0.25, 0.3) is 0 Å². The number of nitrogens with zero attached hydrogens (tertiary/aromatic N) is 1. The summed E-state index contributed by atoms with van der Waals surface area (Å²) >= 11 is 0. The first-order chi connectivity index (χ1) is 14.6. The molecule has 0 spiro atoms. The van der Waals surface area contributed by atoms with Gasteiger partial charge in [-0.15, -0.1) is 0 Å². The topological polar surface area (TPSA) is 64.1 Å². The number of hydrogen-bond acceptors (Lipinski definition) is 4. The molecule has 7 heteroatoms. The van der Waals surface area contributed by atoms with E-state index in [-0.39, 0.29) is 11.9 Å². The van der Waals surface area contributed by atoms with E-state index in [0.29, 0.717) is 51.2 Å². The maximum absolute atomic E-state index is 13.3. The second kappa shape index (κ2) is 13.6. The Labute approximate surface area is 178 Å². The molecule has 6 nitrogen and oxygen atoms in total. The molecule has 0 bridgehead atoms. The lowest BCUT2D eigenvalue weighted by atomic mass is 10.1. The van der Waals surface area contributed by atoms with E-state index in [1.807, 2.05) is 26.0 Å². The van der Waals surface area contributed by atoms with Crippen molar-refractivity contribution in [1.82, 2.24) is 10.6 Å². The molecule has 1 atom stereocenters. The summed E-state index contributed by atoms with van der Waals surface area (Å²) in [5, 5.41) is 6.51. The number of benzene rings is 2. The van der Waals surface area contributed by atoms with Crippen LogP contribution in [0.25, 0.3) is 0 Å². The summed E-state index contributed by atoms with van der Waals surface area (Å²) in [6, 6.07) is 14.4. The Bertz CT molecular complexity index is 786. The second-order valence-electron chi connectivity index (χ2n) is 6.76. The molecule has 0 amide bonds. The third kappa shape index (κ3) is 9.24. The standard InChI is InChI=1S/C23H32FN3O3/c1-4-28-11-12-29-17-20-8-5-7-19(13-20)16-27-23(25-3)26-15-18(2)30-22-10-6-9-21(24)14-22/h5-10,13-14,18H,4,11-12,15-17H2,1-3H3,(H2,25,26,27). The van der Waals surface area contributed by atoms with Crippen molar-refractivity contribution >= 4 is 5.96 Å². The van der Waals surface area contributed by atoms with E-state index >= 15 is 0 Å². The number of halogens is 1. The third-order valence-corrected chi connectivity index (χ3v) is 4.21. The Kier molecular flexibility index (Phi) is 10.7. The molecule has 0 fully saturated rings. The average molecular weight is 418 g/mol. The van der Waals surface area contributed by atoms with E-state index in [4.69, 9.17) is 14.2 Å². The average Bonchev–Trinajstić information content (AvgIpc) is 2.74. The number of ether oxygens (including phenoxy) is 3. The Morgan fingerprint density at radius 1 is 1.03 bits per heavy atom. The maximum Gasteiger partial charge on any atom is 0.191 e. The van der Waals surface area contributed by atoms with Crippen LogP contribution in [0, 0.1) is 5.82 Å². The van der Waals surface area contributed by atoms with Crippen molar-refractivity contribution in [3.05, 3.63) is 65.5 Å². The summed E-state index contributed by atoms with van der Waals surface area (Å²) < 4.78 is 29.9. The molecule has 0 aliphatic carbocycles. The van der Waals surface area contributed by atoms with E-state index in [2.05, 4.69) is 27.8 Å². The first kappa shape index (κ1) is 23.6. The summed E-state index contributed by atoms with van der Waals surface area (Å²) in [5.74, 6) is 0.864. The van der Waals surface area contributed by atoms with E-state index in [1.54, 1.807) is 19.2 Å². The molecule has 164 valence electrons. The highest BCUT2D eigenvalue weighted by Gasteiger charge is 2.07. The normalized spacial score (nSPS) is 12.5. The number of hydrogen-bond donors (Lipinski definition) is 2. The summed E-state index contributed by atoms with van der Waals surface area (Å²) in [4.78, 5) is 4.24. The van der Waals surface area contributed by atoms with E-state index in [1.165, 1.54) is 12.1 Å². The summed E-state index contributed by atoms with van der Waals surface area (Å²) in [6.45, 7) is 7.51. The van der Waals surface area contributed by atoms with Crippen molar-refractivity contribution in [2.24, 2.45) is 4.99 Å². The lowest BCUT2D eigenvalue weighted by Crippen LogP contribution is -2.41. The Balaban J connectivity index is 1.73. The van der Waals surface area contributed by atoms with E-state index in [0.717, 1.165) is 11.1 Å². The smallest absolute Gasteiger partial charge is 0.191 e. The lowest BCUT2D eigenvalue weighted by molar-refractivity contribution is 0.0453. The van der Waals surface area contributed by atoms with Crippen molar-refractivity contribution in [2.45, 2.75) is 33.1 Å². The van der Waals surface area contributed by atoms with Crippen LogP contribution < -0.4 is 15.4 Å². The van der Waals surface area contributed by atoms with Crippen molar-refractivity contribution in [3.8, 4) is 5.75 Å². The molecule has 2 N–H and O–H groups in total. The predicted octanol–water partition coefficient (Wildman–Crippen LogP) is 3.51. The van der Waals surface area contributed by atoms with E-state index in [9.17, 15) is 4.39 Å². The SMILES string of the molecule is CCOCCOCc1cccc(CNC(=NC)NCC(C)Oc2cccc(F)c2)c1. The van der Waals surface area contributed by atoms with Crippen molar-refractivity contribution in [1.29, 1.82) is 0 Å². The quantitative estimate of drug-likeness (QED) is 0.314. The fraction of sp³-hybridized carbons (Fsp3) is 0.435. The first-order valence-electron chi connectivity index (χ1n) is 10.2. The second-order valence-corrected chi connectivity index (χ2v) is 6.76. The highest BCUT2D eigenvalue weighted by molar-refractivity contribution is 5.79. The summed E-state index contributed by atoms with van der Waals surface area (Å²) in [5.41, 5.74) is 2.25. The number of nitrogens with one attached hydrogen (secondary N) is 2. The predicted molar refractivity (Wildman–Crippen MR) is 117 cm³/mol. The summed E-state index contributed by atoms with van der Waals surface area (Å²) in [7, 11) is 1.72. The minimum absolute atomic E-state index is 0.150. The molecule has 0 radical (unpaired) electrons. The molecule has 0 heterocycles. The van der Waals surface area contributed by atoms with Crippen LogP contribution in [-0.2, 0) is 22.6 Å². The van der Waals surface area contributed by atoms with Crippen LogP contribution in [0.3, 0.4) is 0 Å². The Morgan fingerprint density at radius 2 is 1.80 bits per heavy atom. The minimum Gasteiger partial charge on any atom is -0.489 e. The fourth-order valence-electron chi connectivity index (χ4n) is 2.74. The lowest BCUT2D eigenvalue weighted by Gasteiger charge is -2.18. The Hall–Kier alpha value is -2.64. The maximum atomic E-state index is 13.3. The van der Waals surface area contributed by atoms with Crippen LogP contribution >= 0.6 is 0 Å². The van der Waals surface area contributed by atoms with Gasteiger partial charge in [-0.2, -0.15) is 0 Å². The molecular formula is C23H32FN3O3. The van der Waals surface area contributed by atoms with Gasteiger partial charge in [-0.3, -0.25) is 4.99 Å². The van der Waals surface area contributed by atoms with Crippen LogP contribution in [0.2, 0.25) is 0 Å². The van der Waals surface area contributed by atoms with Gasteiger partial charge in [-0.1, -0.05) is 30.3 Å². The van der Waals surface area contributed by atoms with Crippen LogP contribution in [-0.4, -0.2) is 45.5 Å². The van der Waals surface area contributed by atoms with Gasteiger partial charge in [0.2, 0.25) is 0 Å². The first-order valence-corrected chi connectivity index (χ1v) is 10.2. The monoisotopic (exact) mass is 417 g/mol. The van der Waals surface area contributed by atoms with E-state index < -0.39 is 0 Å². The van der Waals surface area contributed by atoms with Crippen molar-refractivity contribution < 1.29 is 18.6 Å². The zero-order valence-electron chi connectivity index (χ0n) is 18.0. The van der Waals surface area contributed by atoms with Gasteiger partial charge >= 0.3 is 0 Å². The number of rotatable bonds is 12. The molecule has 0 aliphatic heterocycles. The molecule has 0 saturated heterocycles. The number of aliphatic imine (C=N–C) groups is 1. The van der Waals surface area contributed by atoms with Gasteiger partial charge in [0.15, 0.2) is 5.96 Å². The molecular weight excluding hydrogens is 385 g/mol. The molecule has 0 aliphatic rings. The number of guanidine groups is 1. The third-order valence-electron chi connectivity index (χ3n) is 4.21. The highest BCUT2D eigenvalue weighted by Crippen LogP contribution is 2.13. The fourth-order valence-corrected chi connectivity index (χ4v) is 2.74. The zero-order chi connectivity index (χ0) is 21.6. The molecule has 1 unspecified atom stereocenters.